The second-order valence-electron chi connectivity index (χ2n) is 8.76. The largest absolute Gasteiger partial charge is 0.381 e. The van der Waals surface area contributed by atoms with E-state index >= 15 is 0 Å². The van der Waals surface area contributed by atoms with Crippen LogP contribution < -0.4 is 10.6 Å². The lowest BCUT2D eigenvalue weighted by atomic mass is 9.95. The summed E-state index contributed by atoms with van der Waals surface area (Å²) in [6, 6.07) is 4.42. The Morgan fingerprint density at radius 3 is 2.55 bits per heavy atom. The Hall–Kier alpha value is -2.45. The molecule has 0 bridgehead atoms. The molecule has 8 nitrogen and oxygen atoms in total. The number of fused-ring (bicyclic) bond motifs is 1. The molecular formula is C24H34ClN7O. The van der Waals surface area contributed by atoms with Crippen LogP contribution in [0.25, 0.3) is 11.0 Å². The molecule has 3 aromatic rings. The fourth-order valence-electron chi connectivity index (χ4n) is 4.27. The van der Waals surface area contributed by atoms with Gasteiger partial charge in [0.15, 0.2) is 5.82 Å². The summed E-state index contributed by atoms with van der Waals surface area (Å²) < 4.78 is 7.46. The van der Waals surface area contributed by atoms with Crippen LogP contribution in [0.1, 0.15) is 71.3 Å². The van der Waals surface area contributed by atoms with Crippen molar-refractivity contribution in [2.45, 2.75) is 77.3 Å². The van der Waals surface area contributed by atoms with E-state index in [1.807, 2.05) is 23.1 Å². The van der Waals surface area contributed by atoms with E-state index in [-0.39, 0.29) is 0 Å². The Morgan fingerprint density at radius 2 is 1.79 bits per heavy atom. The van der Waals surface area contributed by atoms with Crippen molar-refractivity contribution in [3.05, 3.63) is 29.7 Å². The summed E-state index contributed by atoms with van der Waals surface area (Å²) >= 11 is 6.15. The zero-order valence-corrected chi connectivity index (χ0v) is 20.3. The third-order valence-electron chi connectivity index (χ3n) is 5.88. The van der Waals surface area contributed by atoms with Crippen molar-refractivity contribution in [1.82, 2.24) is 24.7 Å². The molecule has 3 aromatic heterocycles. The highest BCUT2D eigenvalue weighted by atomic mass is 35.5. The van der Waals surface area contributed by atoms with Crippen LogP contribution in [0.15, 0.2) is 24.5 Å². The van der Waals surface area contributed by atoms with Crippen molar-refractivity contribution < 1.29 is 4.74 Å². The van der Waals surface area contributed by atoms with Crippen molar-refractivity contribution in [3.63, 3.8) is 0 Å². The Bertz CT molecular complexity index is 1030. The number of aromatic nitrogens is 5. The van der Waals surface area contributed by atoms with Gasteiger partial charge in [0.2, 0.25) is 5.95 Å². The number of ether oxygens (including phenoxy) is 1. The number of nitrogens with one attached hydrogen (secondary N) is 2. The molecule has 0 unspecified atom stereocenters. The van der Waals surface area contributed by atoms with Gasteiger partial charge >= 0.3 is 0 Å². The molecule has 4 heterocycles. The summed E-state index contributed by atoms with van der Waals surface area (Å²) in [6.45, 7) is 5.82. The van der Waals surface area contributed by atoms with Crippen molar-refractivity contribution in [2.24, 2.45) is 0 Å². The lowest BCUT2D eigenvalue weighted by Gasteiger charge is -2.24. The molecule has 1 aliphatic carbocycles. The molecule has 1 saturated carbocycles. The van der Waals surface area contributed by atoms with Crippen LogP contribution in [-0.2, 0) is 4.74 Å². The second kappa shape index (κ2) is 11.6. The van der Waals surface area contributed by atoms with Crippen LogP contribution in [0.2, 0.25) is 5.15 Å². The van der Waals surface area contributed by atoms with E-state index in [2.05, 4.69) is 39.5 Å². The van der Waals surface area contributed by atoms with Gasteiger partial charge in [-0.2, -0.15) is 10.1 Å². The highest BCUT2D eigenvalue weighted by Gasteiger charge is 2.19. The van der Waals surface area contributed by atoms with Crippen molar-refractivity contribution >= 4 is 40.1 Å². The summed E-state index contributed by atoms with van der Waals surface area (Å²) in [5.74, 6) is 1.25. The lowest BCUT2D eigenvalue weighted by Crippen LogP contribution is -2.23. The summed E-state index contributed by atoms with van der Waals surface area (Å²) in [7, 11) is 0. The molecule has 0 amide bonds. The van der Waals surface area contributed by atoms with E-state index in [9.17, 15) is 0 Å². The van der Waals surface area contributed by atoms with Gasteiger partial charge < -0.3 is 15.4 Å². The molecule has 1 saturated heterocycles. The monoisotopic (exact) mass is 471 g/mol. The Labute approximate surface area is 200 Å². The highest BCUT2D eigenvalue weighted by Crippen LogP contribution is 2.28. The third-order valence-corrected chi connectivity index (χ3v) is 6.09. The molecule has 2 fully saturated rings. The number of anilines is 3. The van der Waals surface area contributed by atoms with E-state index in [0.29, 0.717) is 28.7 Å². The van der Waals surface area contributed by atoms with E-state index in [0.717, 1.165) is 55.9 Å². The van der Waals surface area contributed by atoms with Crippen LogP contribution in [0.5, 0.6) is 0 Å². The van der Waals surface area contributed by atoms with Crippen molar-refractivity contribution in [3.8, 4) is 0 Å². The van der Waals surface area contributed by atoms with Gasteiger partial charge in [0.05, 0.1) is 23.4 Å². The maximum atomic E-state index is 6.15. The molecule has 2 N–H and O–H groups in total. The van der Waals surface area contributed by atoms with Gasteiger partial charge in [0, 0.05) is 25.5 Å². The second-order valence-corrected chi connectivity index (χ2v) is 9.15. The maximum absolute atomic E-state index is 6.15. The first-order chi connectivity index (χ1) is 16.2. The first-order valence-corrected chi connectivity index (χ1v) is 12.5. The summed E-state index contributed by atoms with van der Waals surface area (Å²) in [6.07, 6.45) is 13.1. The standard InChI is InChI=1S/C21H26ClN7O.C3H8/c22-18-7-6-17-19(27-18)20(24-14-4-2-1-3-5-14)28-21(26-17)25-15-12-23-29(13-15)16-8-10-30-11-9-16;1-3-2/h6-7,12-14,16H,1-5,8-11H2,(H2,24,25,26,28);3H2,1-2H3. The summed E-state index contributed by atoms with van der Waals surface area (Å²) in [5.41, 5.74) is 2.33. The predicted molar refractivity (Wildman–Crippen MR) is 133 cm³/mol. The fraction of sp³-hybridized carbons (Fsp3) is 0.583. The van der Waals surface area contributed by atoms with E-state index in [4.69, 9.17) is 21.3 Å². The maximum Gasteiger partial charge on any atom is 0.229 e. The molecule has 178 valence electrons. The SMILES string of the molecule is CCC.Clc1ccc2nc(Nc3cnn(C4CCOCC4)c3)nc(NC3CCCCC3)c2n1. The van der Waals surface area contributed by atoms with Gasteiger partial charge in [-0.25, -0.2) is 9.97 Å². The van der Waals surface area contributed by atoms with E-state index < -0.39 is 0 Å². The number of halogens is 1. The highest BCUT2D eigenvalue weighted by molar-refractivity contribution is 6.29. The smallest absolute Gasteiger partial charge is 0.229 e. The molecule has 2 aliphatic rings. The first kappa shape index (κ1) is 23.7. The van der Waals surface area contributed by atoms with Gasteiger partial charge in [-0.05, 0) is 37.8 Å². The topological polar surface area (TPSA) is 89.8 Å². The summed E-state index contributed by atoms with van der Waals surface area (Å²) in [4.78, 5) is 13.9. The average molecular weight is 472 g/mol. The molecule has 9 heteroatoms. The normalized spacial score (nSPS) is 17.4. The number of pyridine rings is 1. The zero-order valence-electron chi connectivity index (χ0n) is 19.6. The molecular weight excluding hydrogens is 438 g/mol. The fourth-order valence-corrected chi connectivity index (χ4v) is 4.42. The van der Waals surface area contributed by atoms with Crippen LogP contribution >= 0.6 is 11.6 Å². The van der Waals surface area contributed by atoms with Gasteiger partial charge in [-0.3, -0.25) is 4.68 Å². The van der Waals surface area contributed by atoms with Crippen molar-refractivity contribution in [1.29, 1.82) is 0 Å². The molecule has 0 spiro atoms. The molecule has 33 heavy (non-hydrogen) atoms. The molecule has 5 rings (SSSR count). The Morgan fingerprint density at radius 1 is 1.03 bits per heavy atom. The first-order valence-electron chi connectivity index (χ1n) is 12.2. The quantitative estimate of drug-likeness (QED) is 0.432. The number of rotatable bonds is 5. The van der Waals surface area contributed by atoms with Crippen LogP contribution in [0.3, 0.4) is 0 Å². The van der Waals surface area contributed by atoms with Gasteiger partial charge in [-0.15, -0.1) is 0 Å². The number of hydrogen-bond acceptors (Lipinski definition) is 7. The Kier molecular flexibility index (Phi) is 8.34. The van der Waals surface area contributed by atoms with Gasteiger partial charge in [0.25, 0.3) is 0 Å². The molecule has 1 aliphatic heterocycles. The Balaban J connectivity index is 0.000000821. The minimum absolute atomic E-state index is 0.377. The zero-order chi connectivity index (χ0) is 23.0. The van der Waals surface area contributed by atoms with E-state index in [1.165, 1.54) is 25.7 Å². The third kappa shape index (κ3) is 6.32. The van der Waals surface area contributed by atoms with Crippen LogP contribution in [-0.4, -0.2) is 44.0 Å². The van der Waals surface area contributed by atoms with Crippen LogP contribution in [0, 0.1) is 0 Å². The van der Waals surface area contributed by atoms with Crippen molar-refractivity contribution in [2.75, 3.05) is 23.8 Å². The number of hydrogen-bond donors (Lipinski definition) is 2. The lowest BCUT2D eigenvalue weighted by molar-refractivity contribution is 0.0662. The molecule has 0 radical (unpaired) electrons. The summed E-state index contributed by atoms with van der Waals surface area (Å²) in [5, 5.41) is 11.9. The van der Waals surface area contributed by atoms with Gasteiger partial charge in [-0.1, -0.05) is 51.1 Å². The predicted octanol–water partition coefficient (Wildman–Crippen LogP) is 6.13. The molecule has 0 atom stereocenters. The minimum atomic E-state index is 0.377. The average Bonchev–Trinajstić information content (AvgIpc) is 3.30. The number of nitrogens with zero attached hydrogens (tertiary/aromatic N) is 5. The van der Waals surface area contributed by atoms with E-state index in [1.54, 1.807) is 6.07 Å². The van der Waals surface area contributed by atoms with Gasteiger partial charge in [0.1, 0.15) is 10.7 Å². The molecule has 0 aromatic carbocycles. The minimum Gasteiger partial charge on any atom is -0.381 e. The van der Waals surface area contributed by atoms with Crippen LogP contribution in [0.4, 0.5) is 17.5 Å².